The number of hydrogen-bond acceptors (Lipinski definition) is 4. The van der Waals surface area contributed by atoms with Crippen molar-refractivity contribution in [2.45, 2.75) is 31.6 Å². The van der Waals surface area contributed by atoms with Crippen LogP contribution in [0, 0.1) is 6.92 Å². The van der Waals surface area contributed by atoms with Gasteiger partial charge in [0.25, 0.3) is 5.91 Å². The maximum Gasteiger partial charge on any atom is 0.410 e. The third-order valence-corrected chi connectivity index (χ3v) is 6.13. The third kappa shape index (κ3) is 3.88. The van der Waals surface area contributed by atoms with Gasteiger partial charge in [0.1, 0.15) is 10.8 Å². The molecule has 30 heavy (non-hydrogen) atoms. The van der Waals surface area contributed by atoms with Gasteiger partial charge in [-0.1, -0.05) is 41.4 Å². The van der Waals surface area contributed by atoms with Crippen LogP contribution in [0.25, 0.3) is 0 Å². The molecule has 2 aromatic rings. The average molecular weight is 442 g/mol. The number of anilines is 1. The van der Waals surface area contributed by atoms with Gasteiger partial charge in [-0.25, -0.2) is 4.68 Å². The van der Waals surface area contributed by atoms with E-state index in [0.717, 1.165) is 15.8 Å². The summed E-state index contributed by atoms with van der Waals surface area (Å²) >= 11 is 6.41. The van der Waals surface area contributed by atoms with Crippen molar-refractivity contribution in [1.29, 1.82) is 0 Å². The quantitative estimate of drug-likeness (QED) is 0.768. The van der Waals surface area contributed by atoms with Crippen molar-refractivity contribution in [1.82, 2.24) is 19.6 Å². The molecule has 0 spiro atoms. The zero-order chi connectivity index (χ0) is 21.6. The van der Waals surface area contributed by atoms with Gasteiger partial charge in [0, 0.05) is 32.6 Å². The van der Waals surface area contributed by atoms with E-state index in [2.05, 4.69) is 15.3 Å². The van der Waals surface area contributed by atoms with E-state index in [1.807, 2.05) is 26.1 Å². The first-order chi connectivity index (χ1) is 14.1. The minimum Gasteiger partial charge on any atom is -0.362 e. The highest BCUT2D eigenvalue weighted by Gasteiger charge is 2.48. The number of amides is 1. The van der Waals surface area contributed by atoms with Crippen LogP contribution in [0.5, 0.6) is 0 Å². The largest absolute Gasteiger partial charge is 0.410 e. The molecule has 0 radical (unpaired) electrons. The van der Waals surface area contributed by atoms with Gasteiger partial charge in [-0.15, -0.1) is 0 Å². The molecule has 0 aliphatic carbocycles. The first kappa shape index (κ1) is 21.0. The molecule has 1 aromatic heterocycles. The van der Waals surface area contributed by atoms with Gasteiger partial charge in [0.05, 0.1) is 6.04 Å². The number of carbonyl (C=O) groups is 1. The van der Waals surface area contributed by atoms with Crippen LogP contribution in [0.2, 0.25) is 5.02 Å². The highest BCUT2D eigenvalue weighted by molar-refractivity contribution is 6.36. The van der Waals surface area contributed by atoms with Gasteiger partial charge in [-0.2, -0.15) is 18.3 Å². The SMILES string of the molecule is Cc1ccc([C@@H]2C[C@@H](C(F)(F)F)n3nc(C(=O)N4CCN(C)CC4)c(Cl)c3N2)cc1. The van der Waals surface area contributed by atoms with E-state index in [9.17, 15) is 18.0 Å². The van der Waals surface area contributed by atoms with Crippen molar-refractivity contribution in [2.24, 2.45) is 0 Å². The monoisotopic (exact) mass is 441 g/mol. The Labute approximate surface area is 177 Å². The van der Waals surface area contributed by atoms with Crippen LogP contribution in [-0.4, -0.2) is 64.9 Å². The summed E-state index contributed by atoms with van der Waals surface area (Å²) < 4.78 is 42.5. The fraction of sp³-hybridized carbons (Fsp3) is 0.500. The molecule has 162 valence electrons. The van der Waals surface area contributed by atoms with Crippen LogP contribution in [0.3, 0.4) is 0 Å². The van der Waals surface area contributed by atoms with E-state index in [4.69, 9.17) is 11.6 Å². The number of halogens is 4. The Morgan fingerprint density at radius 2 is 1.80 bits per heavy atom. The summed E-state index contributed by atoms with van der Waals surface area (Å²) in [6, 6.07) is 4.86. The fourth-order valence-electron chi connectivity index (χ4n) is 3.90. The zero-order valence-electron chi connectivity index (χ0n) is 16.7. The van der Waals surface area contributed by atoms with Crippen molar-refractivity contribution < 1.29 is 18.0 Å². The minimum absolute atomic E-state index is 0.0355. The number of rotatable bonds is 2. The number of carbonyl (C=O) groups excluding carboxylic acids is 1. The smallest absolute Gasteiger partial charge is 0.362 e. The number of piperazine rings is 1. The Morgan fingerprint density at radius 3 is 2.40 bits per heavy atom. The summed E-state index contributed by atoms with van der Waals surface area (Å²) in [6.07, 6.45) is -4.76. The lowest BCUT2D eigenvalue weighted by molar-refractivity contribution is -0.173. The van der Waals surface area contributed by atoms with Crippen LogP contribution < -0.4 is 5.32 Å². The number of benzene rings is 1. The van der Waals surface area contributed by atoms with Crippen molar-refractivity contribution in [2.75, 3.05) is 38.5 Å². The summed E-state index contributed by atoms with van der Waals surface area (Å²) in [5.74, 6) is -0.405. The minimum atomic E-state index is -4.52. The number of nitrogens with one attached hydrogen (secondary N) is 1. The first-order valence-corrected chi connectivity index (χ1v) is 10.2. The van der Waals surface area contributed by atoms with Crippen LogP contribution in [0.1, 0.15) is 40.1 Å². The number of hydrogen-bond donors (Lipinski definition) is 1. The van der Waals surface area contributed by atoms with E-state index in [-0.39, 0.29) is 23.0 Å². The third-order valence-electron chi connectivity index (χ3n) is 5.77. The summed E-state index contributed by atoms with van der Waals surface area (Å²) in [6.45, 7) is 4.26. The Bertz CT molecular complexity index is 935. The second kappa shape index (κ2) is 7.77. The lowest BCUT2D eigenvalue weighted by Crippen LogP contribution is -2.47. The first-order valence-electron chi connectivity index (χ1n) is 9.81. The molecule has 1 aromatic carbocycles. The lowest BCUT2D eigenvalue weighted by atomic mass is 9.96. The van der Waals surface area contributed by atoms with Gasteiger partial charge in [0.2, 0.25) is 0 Å². The number of nitrogens with zero attached hydrogens (tertiary/aromatic N) is 4. The normalized spacial score (nSPS) is 22.5. The van der Waals surface area contributed by atoms with Crippen LogP contribution >= 0.6 is 11.6 Å². The molecule has 4 rings (SSSR count). The van der Waals surface area contributed by atoms with Crippen LogP contribution in [-0.2, 0) is 0 Å². The predicted octanol–water partition coefficient (Wildman–Crippen LogP) is 3.89. The van der Waals surface area contributed by atoms with Gasteiger partial charge in [-0.05, 0) is 19.5 Å². The van der Waals surface area contributed by atoms with Crippen LogP contribution in [0.15, 0.2) is 24.3 Å². The van der Waals surface area contributed by atoms with Crippen molar-refractivity contribution in [3.05, 3.63) is 46.1 Å². The van der Waals surface area contributed by atoms with E-state index >= 15 is 0 Å². The average Bonchev–Trinajstić information content (AvgIpc) is 3.04. The van der Waals surface area contributed by atoms with Gasteiger partial charge >= 0.3 is 6.18 Å². The molecular weight excluding hydrogens is 419 g/mol. The van der Waals surface area contributed by atoms with E-state index < -0.39 is 24.2 Å². The highest BCUT2D eigenvalue weighted by atomic mass is 35.5. The maximum atomic E-state index is 13.9. The second-order valence-electron chi connectivity index (χ2n) is 7.95. The molecule has 0 unspecified atom stereocenters. The number of aromatic nitrogens is 2. The molecule has 3 heterocycles. The standard InChI is InChI=1S/C20H23ClF3N5O/c1-12-3-5-13(6-4-12)14-11-15(20(22,23)24)29-18(25-14)16(21)17(26-29)19(30)28-9-7-27(2)8-10-28/h3-6,14-15,25H,7-11H2,1-2H3/t14-,15-/m0/s1. The second-order valence-corrected chi connectivity index (χ2v) is 8.33. The van der Waals surface area contributed by atoms with E-state index in [1.54, 1.807) is 17.0 Å². The van der Waals surface area contributed by atoms with E-state index in [1.165, 1.54) is 0 Å². The fourth-order valence-corrected chi connectivity index (χ4v) is 4.16. The molecule has 2 atom stereocenters. The summed E-state index contributed by atoms with van der Waals surface area (Å²) in [5, 5.41) is 7.05. The molecule has 2 aliphatic rings. The molecule has 6 nitrogen and oxygen atoms in total. The Balaban J connectivity index is 1.69. The maximum absolute atomic E-state index is 13.9. The lowest BCUT2D eigenvalue weighted by Gasteiger charge is -2.33. The number of aryl methyl sites for hydroxylation is 1. The number of fused-ring (bicyclic) bond motifs is 1. The molecule has 10 heteroatoms. The molecule has 2 aliphatic heterocycles. The Hall–Kier alpha value is -2.26. The van der Waals surface area contributed by atoms with Crippen molar-refractivity contribution in [3.63, 3.8) is 0 Å². The van der Waals surface area contributed by atoms with Crippen molar-refractivity contribution >= 4 is 23.3 Å². The van der Waals surface area contributed by atoms with Gasteiger partial charge in [0.15, 0.2) is 11.7 Å². The molecule has 0 bridgehead atoms. The molecule has 1 N–H and O–H groups in total. The van der Waals surface area contributed by atoms with E-state index in [0.29, 0.717) is 26.2 Å². The number of likely N-dealkylation sites (N-methyl/N-ethyl adjacent to an activating group) is 1. The molecule has 1 amide bonds. The van der Waals surface area contributed by atoms with Crippen LogP contribution in [0.4, 0.5) is 19.0 Å². The molecule has 0 saturated carbocycles. The molecular formula is C20H23ClF3N5O. The van der Waals surface area contributed by atoms with Crippen molar-refractivity contribution in [3.8, 4) is 0 Å². The summed E-state index contributed by atoms with van der Waals surface area (Å²) in [7, 11) is 1.95. The highest BCUT2D eigenvalue weighted by Crippen LogP contribution is 2.46. The van der Waals surface area contributed by atoms with Gasteiger partial charge in [-0.3, -0.25) is 4.79 Å². The molecule has 1 saturated heterocycles. The Morgan fingerprint density at radius 1 is 1.17 bits per heavy atom. The topological polar surface area (TPSA) is 53.4 Å². The molecule has 1 fully saturated rings. The summed E-state index contributed by atoms with van der Waals surface area (Å²) in [5.41, 5.74) is 1.61. The number of alkyl halides is 3. The predicted molar refractivity (Wildman–Crippen MR) is 108 cm³/mol. The summed E-state index contributed by atoms with van der Waals surface area (Å²) in [4.78, 5) is 16.6. The van der Waals surface area contributed by atoms with Gasteiger partial charge < -0.3 is 15.1 Å². The Kier molecular flexibility index (Phi) is 5.44. The zero-order valence-corrected chi connectivity index (χ0v) is 17.5.